The van der Waals surface area contributed by atoms with Crippen LogP contribution in [0.1, 0.15) is 6.42 Å². The average Bonchev–Trinajstić information content (AvgIpc) is 3.02. The van der Waals surface area contributed by atoms with E-state index in [1.54, 1.807) is 18.3 Å². The molecule has 1 saturated heterocycles. The third kappa shape index (κ3) is 3.33. The Hall–Kier alpha value is -2.09. The molecule has 0 saturated carbocycles. The number of urea groups is 1. The van der Waals surface area contributed by atoms with Gasteiger partial charge in [0.15, 0.2) is 9.84 Å². The number of hydrogen-bond donors (Lipinski definition) is 3. The van der Waals surface area contributed by atoms with Gasteiger partial charge in [-0.3, -0.25) is 5.10 Å². The third-order valence-corrected chi connectivity index (χ3v) is 5.41. The summed E-state index contributed by atoms with van der Waals surface area (Å²) in [7, 11) is -2.90. The number of H-pyrrole nitrogens is 1. The Morgan fingerprint density at radius 2 is 2.29 bits per heavy atom. The van der Waals surface area contributed by atoms with Gasteiger partial charge >= 0.3 is 6.03 Å². The van der Waals surface area contributed by atoms with Crippen molar-refractivity contribution in [3.05, 3.63) is 24.4 Å². The van der Waals surface area contributed by atoms with E-state index in [1.165, 1.54) is 0 Å². The Bertz CT molecular complexity index is 769. The first-order chi connectivity index (χ1) is 10.0. The number of amides is 2. The van der Waals surface area contributed by atoms with Crippen molar-refractivity contribution >= 4 is 32.5 Å². The Kier molecular flexibility index (Phi) is 3.54. The van der Waals surface area contributed by atoms with Crippen LogP contribution in [-0.4, -0.2) is 42.7 Å². The van der Waals surface area contributed by atoms with Crippen molar-refractivity contribution in [2.24, 2.45) is 5.92 Å². The normalized spacial score (nSPS) is 20.5. The van der Waals surface area contributed by atoms with E-state index in [9.17, 15) is 13.2 Å². The van der Waals surface area contributed by atoms with Crippen LogP contribution in [0.4, 0.5) is 10.5 Å². The zero-order valence-corrected chi connectivity index (χ0v) is 12.1. The molecule has 2 amide bonds. The number of fused-ring (bicyclic) bond motifs is 1. The fourth-order valence-corrected chi connectivity index (χ4v) is 4.32. The number of anilines is 1. The van der Waals surface area contributed by atoms with Crippen molar-refractivity contribution in [2.75, 3.05) is 23.4 Å². The van der Waals surface area contributed by atoms with Gasteiger partial charge in [-0.25, -0.2) is 13.2 Å². The topological polar surface area (TPSA) is 104 Å². The maximum Gasteiger partial charge on any atom is 0.319 e. The quantitative estimate of drug-likeness (QED) is 0.790. The lowest BCUT2D eigenvalue weighted by Crippen LogP contribution is -2.33. The molecule has 7 nitrogen and oxygen atoms in total. The number of carbonyl (C=O) groups excluding carboxylic acids is 1. The highest BCUT2D eigenvalue weighted by Gasteiger charge is 2.27. The largest absolute Gasteiger partial charge is 0.338 e. The summed E-state index contributed by atoms with van der Waals surface area (Å²) in [5.41, 5.74) is 1.50. The summed E-state index contributed by atoms with van der Waals surface area (Å²) in [6.07, 6.45) is 2.32. The number of carbonyl (C=O) groups is 1. The van der Waals surface area contributed by atoms with Crippen LogP contribution in [0.2, 0.25) is 0 Å². The maximum atomic E-state index is 11.8. The second-order valence-electron chi connectivity index (χ2n) is 5.28. The van der Waals surface area contributed by atoms with Gasteiger partial charge in [-0.05, 0) is 30.5 Å². The number of rotatable bonds is 3. The maximum absolute atomic E-state index is 11.8. The SMILES string of the molecule is O=C(NCC1CCS(=O)(=O)C1)Nc1ccc2cn[nH]c2c1. The van der Waals surface area contributed by atoms with E-state index in [1.807, 2.05) is 6.07 Å². The van der Waals surface area contributed by atoms with E-state index >= 15 is 0 Å². The first kappa shape index (κ1) is 13.9. The number of benzene rings is 1. The Labute approximate surface area is 122 Å². The van der Waals surface area contributed by atoms with Crippen molar-refractivity contribution in [3.63, 3.8) is 0 Å². The molecule has 0 radical (unpaired) electrons. The van der Waals surface area contributed by atoms with Gasteiger partial charge in [0.1, 0.15) is 0 Å². The fourth-order valence-electron chi connectivity index (χ4n) is 2.46. The van der Waals surface area contributed by atoms with Gasteiger partial charge in [-0.1, -0.05) is 0 Å². The molecule has 1 aromatic carbocycles. The van der Waals surface area contributed by atoms with Crippen LogP contribution in [0.25, 0.3) is 10.9 Å². The van der Waals surface area contributed by atoms with E-state index in [0.717, 1.165) is 10.9 Å². The Morgan fingerprint density at radius 3 is 3.05 bits per heavy atom. The van der Waals surface area contributed by atoms with Crippen LogP contribution in [0.5, 0.6) is 0 Å². The Balaban J connectivity index is 1.54. The van der Waals surface area contributed by atoms with Gasteiger partial charge in [0, 0.05) is 17.6 Å². The molecule has 21 heavy (non-hydrogen) atoms. The lowest BCUT2D eigenvalue weighted by molar-refractivity contribution is 0.250. The standard InChI is InChI=1S/C13H16N4O3S/c18-13(14-6-9-3-4-21(19,20)8-9)16-11-2-1-10-7-15-17-12(10)5-11/h1-2,5,7,9H,3-4,6,8H2,(H,15,17)(H2,14,16,18). The van der Waals surface area contributed by atoms with Crippen LogP contribution in [0.15, 0.2) is 24.4 Å². The molecule has 0 spiro atoms. The molecule has 2 aromatic rings. The number of sulfone groups is 1. The number of hydrogen-bond acceptors (Lipinski definition) is 4. The molecule has 0 aliphatic carbocycles. The lowest BCUT2D eigenvalue weighted by Gasteiger charge is -2.11. The van der Waals surface area contributed by atoms with Crippen molar-refractivity contribution in [2.45, 2.75) is 6.42 Å². The van der Waals surface area contributed by atoms with Crippen molar-refractivity contribution in [1.29, 1.82) is 0 Å². The predicted molar refractivity (Wildman–Crippen MR) is 79.9 cm³/mol. The minimum Gasteiger partial charge on any atom is -0.338 e. The fraction of sp³-hybridized carbons (Fsp3) is 0.385. The summed E-state index contributed by atoms with van der Waals surface area (Å²) in [5, 5.41) is 13.1. The van der Waals surface area contributed by atoms with Crippen LogP contribution < -0.4 is 10.6 Å². The summed E-state index contributed by atoms with van der Waals surface area (Å²) < 4.78 is 22.7. The molecule has 3 N–H and O–H groups in total. The molecule has 1 atom stereocenters. The summed E-state index contributed by atoms with van der Waals surface area (Å²) in [5.74, 6) is 0.390. The number of aromatic nitrogens is 2. The minimum absolute atomic E-state index is 0.0100. The molecular formula is C13H16N4O3S. The molecule has 8 heteroatoms. The predicted octanol–water partition coefficient (Wildman–Crippen LogP) is 1.12. The van der Waals surface area contributed by atoms with E-state index in [-0.39, 0.29) is 23.5 Å². The number of aromatic amines is 1. The van der Waals surface area contributed by atoms with E-state index in [4.69, 9.17) is 0 Å². The third-order valence-electron chi connectivity index (χ3n) is 3.58. The molecule has 3 rings (SSSR count). The molecule has 2 heterocycles. The van der Waals surface area contributed by atoms with Gasteiger partial charge in [0.05, 0.1) is 23.2 Å². The van der Waals surface area contributed by atoms with Crippen molar-refractivity contribution in [1.82, 2.24) is 15.5 Å². The molecule has 1 fully saturated rings. The van der Waals surface area contributed by atoms with E-state index in [2.05, 4.69) is 20.8 Å². The lowest BCUT2D eigenvalue weighted by atomic mass is 10.1. The van der Waals surface area contributed by atoms with Crippen molar-refractivity contribution in [3.8, 4) is 0 Å². The van der Waals surface area contributed by atoms with Gasteiger partial charge in [0.2, 0.25) is 0 Å². The molecule has 1 unspecified atom stereocenters. The van der Waals surface area contributed by atoms with E-state index in [0.29, 0.717) is 18.7 Å². The minimum atomic E-state index is -2.90. The molecule has 1 aliphatic heterocycles. The summed E-state index contributed by atoms with van der Waals surface area (Å²) in [6.45, 7) is 0.372. The second kappa shape index (κ2) is 5.36. The zero-order valence-electron chi connectivity index (χ0n) is 11.3. The summed E-state index contributed by atoms with van der Waals surface area (Å²) >= 11 is 0. The second-order valence-corrected chi connectivity index (χ2v) is 7.50. The van der Waals surface area contributed by atoms with Gasteiger partial charge in [-0.2, -0.15) is 5.10 Å². The molecular weight excluding hydrogens is 292 g/mol. The highest BCUT2D eigenvalue weighted by Crippen LogP contribution is 2.18. The zero-order chi connectivity index (χ0) is 14.9. The molecule has 0 bridgehead atoms. The molecule has 112 valence electrons. The average molecular weight is 308 g/mol. The van der Waals surface area contributed by atoms with Crippen LogP contribution >= 0.6 is 0 Å². The first-order valence-electron chi connectivity index (χ1n) is 6.70. The number of nitrogens with zero attached hydrogens (tertiary/aromatic N) is 1. The molecule has 1 aliphatic rings. The highest BCUT2D eigenvalue weighted by molar-refractivity contribution is 7.91. The monoisotopic (exact) mass is 308 g/mol. The van der Waals surface area contributed by atoms with Crippen molar-refractivity contribution < 1.29 is 13.2 Å². The number of nitrogens with one attached hydrogen (secondary N) is 3. The summed E-state index contributed by atoms with van der Waals surface area (Å²) in [6, 6.07) is 5.11. The summed E-state index contributed by atoms with van der Waals surface area (Å²) in [4.78, 5) is 11.8. The van der Waals surface area contributed by atoms with Gasteiger partial charge in [-0.15, -0.1) is 0 Å². The smallest absolute Gasteiger partial charge is 0.319 e. The first-order valence-corrected chi connectivity index (χ1v) is 8.52. The molecule has 1 aromatic heterocycles. The highest BCUT2D eigenvalue weighted by atomic mass is 32.2. The van der Waals surface area contributed by atoms with Gasteiger partial charge in [0.25, 0.3) is 0 Å². The van der Waals surface area contributed by atoms with Crippen LogP contribution in [0.3, 0.4) is 0 Å². The van der Waals surface area contributed by atoms with Crippen LogP contribution in [-0.2, 0) is 9.84 Å². The van der Waals surface area contributed by atoms with Gasteiger partial charge < -0.3 is 10.6 Å². The van der Waals surface area contributed by atoms with Crippen LogP contribution in [0, 0.1) is 5.92 Å². The van der Waals surface area contributed by atoms with E-state index < -0.39 is 9.84 Å². The Morgan fingerprint density at radius 1 is 1.43 bits per heavy atom.